The molecule has 0 spiro atoms. The lowest BCUT2D eigenvalue weighted by molar-refractivity contribution is 0.171. The summed E-state index contributed by atoms with van der Waals surface area (Å²) >= 11 is 0. The van der Waals surface area contributed by atoms with E-state index in [-0.39, 0.29) is 10.8 Å². The zero-order chi connectivity index (χ0) is 16.6. The molecule has 2 aromatic carbocycles. The Hall–Kier alpha value is -2.05. The van der Waals surface area contributed by atoms with Gasteiger partial charge in [0.15, 0.2) is 11.5 Å². The fraction of sp³-hybridized carbons (Fsp3) is 0.333. The topological polar surface area (TPSA) is 55.8 Å². The first kappa shape index (κ1) is 15.5. The van der Waals surface area contributed by atoms with Crippen molar-refractivity contribution in [2.45, 2.75) is 17.2 Å². The summed E-state index contributed by atoms with van der Waals surface area (Å²) in [5.41, 5.74) is 1.19. The summed E-state index contributed by atoms with van der Waals surface area (Å²) in [6, 6.07) is 14.9. The maximum atomic E-state index is 12.9. The largest absolute Gasteiger partial charge is 0.486 e. The Balaban J connectivity index is 1.57. The number of nitrogens with zero attached hydrogens (tertiary/aromatic N) is 1. The number of fused-ring (bicyclic) bond motifs is 1. The second-order valence-electron chi connectivity index (χ2n) is 6.06. The highest BCUT2D eigenvalue weighted by atomic mass is 32.2. The molecular formula is C18H19NO4S. The van der Waals surface area contributed by atoms with E-state index in [1.165, 1.54) is 5.56 Å². The van der Waals surface area contributed by atoms with Crippen LogP contribution >= 0.6 is 0 Å². The molecule has 0 aliphatic carbocycles. The molecule has 126 valence electrons. The number of ether oxygens (including phenoxy) is 2. The standard InChI is InChI=1S/C18H19NO4S/c20-24(21,16-6-7-17-18(12-16)23-11-10-22-17)19-9-8-15(13-19)14-4-2-1-3-5-14/h1-7,12,15H,8-11,13H2/t15-/m0/s1. The van der Waals surface area contributed by atoms with Gasteiger partial charge in [-0.25, -0.2) is 8.42 Å². The first-order chi connectivity index (χ1) is 11.6. The quantitative estimate of drug-likeness (QED) is 0.858. The van der Waals surface area contributed by atoms with Gasteiger partial charge in [0.1, 0.15) is 13.2 Å². The van der Waals surface area contributed by atoms with Gasteiger partial charge in [-0.15, -0.1) is 0 Å². The second kappa shape index (κ2) is 6.11. The van der Waals surface area contributed by atoms with Crippen molar-refractivity contribution < 1.29 is 17.9 Å². The lowest BCUT2D eigenvalue weighted by Gasteiger charge is -2.21. The summed E-state index contributed by atoms with van der Waals surface area (Å²) in [4.78, 5) is 0.264. The van der Waals surface area contributed by atoms with E-state index in [0.29, 0.717) is 37.8 Å². The lowest BCUT2D eigenvalue weighted by Crippen LogP contribution is -2.29. The summed E-state index contributed by atoms with van der Waals surface area (Å²) in [7, 11) is -3.52. The van der Waals surface area contributed by atoms with Crippen molar-refractivity contribution in [1.82, 2.24) is 4.31 Å². The van der Waals surface area contributed by atoms with Gasteiger partial charge in [-0.2, -0.15) is 4.31 Å². The Kier molecular flexibility index (Phi) is 3.94. The smallest absolute Gasteiger partial charge is 0.243 e. The Morgan fingerprint density at radius 1 is 0.958 bits per heavy atom. The van der Waals surface area contributed by atoms with Crippen LogP contribution in [0.5, 0.6) is 11.5 Å². The van der Waals surface area contributed by atoms with Gasteiger partial charge in [0.05, 0.1) is 4.90 Å². The molecule has 1 saturated heterocycles. The molecule has 1 atom stereocenters. The van der Waals surface area contributed by atoms with Crippen molar-refractivity contribution in [3.05, 3.63) is 54.1 Å². The molecule has 1 fully saturated rings. The minimum atomic E-state index is -3.52. The Labute approximate surface area is 141 Å². The number of hydrogen-bond donors (Lipinski definition) is 0. The van der Waals surface area contributed by atoms with E-state index >= 15 is 0 Å². The molecule has 2 heterocycles. The van der Waals surface area contributed by atoms with E-state index in [1.807, 2.05) is 18.2 Å². The van der Waals surface area contributed by atoms with Gasteiger partial charge < -0.3 is 9.47 Å². The summed E-state index contributed by atoms with van der Waals surface area (Å²) < 4.78 is 38.4. The molecule has 2 aliphatic heterocycles. The molecule has 0 aromatic heterocycles. The highest BCUT2D eigenvalue weighted by Crippen LogP contribution is 2.35. The minimum Gasteiger partial charge on any atom is -0.486 e. The van der Waals surface area contributed by atoms with Crippen molar-refractivity contribution in [2.75, 3.05) is 26.3 Å². The fourth-order valence-corrected chi connectivity index (χ4v) is 4.79. The first-order valence-corrected chi connectivity index (χ1v) is 9.53. The molecule has 0 N–H and O–H groups in total. The lowest BCUT2D eigenvalue weighted by atomic mass is 9.99. The van der Waals surface area contributed by atoms with E-state index in [0.717, 1.165) is 6.42 Å². The van der Waals surface area contributed by atoms with E-state index < -0.39 is 10.0 Å². The maximum Gasteiger partial charge on any atom is 0.243 e. The minimum absolute atomic E-state index is 0.248. The van der Waals surface area contributed by atoms with Crippen LogP contribution in [0, 0.1) is 0 Å². The molecule has 24 heavy (non-hydrogen) atoms. The molecule has 0 amide bonds. The zero-order valence-electron chi connectivity index (χ0n) is 13.2. The second-order valence-corrected chi connectivity index (χ2v) is 8.00. The van der Waals surface area contributed by atoms with Crippen LogP contribution in [0.3, 0.4) is 0 Å². The van der Waals surface area contributed by atoms with E-state index in [9.17, 15) is 8.42 Å². The Morgan fingerprint density at radius 2 is 1.71 bits per heavy atom. The van der Waals surface area contributed by atoms with E-state index in [1.54, 1.807) is 22.5 Å². The van der Waals surface area contributed by atoms with Crippen molar-refractivity contribution in [1.29, 1.82) is 0 Å². The van der Waals surface area contributed by atoms with Crippen molar-refractivity contribution in [2.24, 2.45) is 0 Å². The Morgan fingerprint density at radius 3 is 2.50 bits per heavy atom. The van der Waals surface area contributed by atoms with Gasteiger partial charge in [-0.05, 0) is 30.0 Å². The monoisotopic (exact) mass is 345 g/mol. The highest BCUT2D eigenvalue weighted by molar-refractivity contribution is 7.89. The first-order valence-electron chi connectivity index (χ1n) is 8.09. The van der Waals surface area contributed by atoms with Gasteiger partial charge in [-0.3, -0.25) is 0 Å². The number of benzene rings is 2. The molecule has 0 unspecified atom stereocenters. The summed E-state index contributed by atoms with van der Waals surface area (Å²) in [5, 5.41) is 0. The van der Waals surface area contributed by atoms with Gasteiger partial charge in [0, 0.05) is 19.2 Å². The van der Waals surface area contributed by atoms with Crippen molar-refractivity contribution >= 4 is 10.0 Å². The zero-order valence-corrected chi connectivity index (χ0v) is 14.0. The number of sulfonamides is 1. The van der Waals surface area contributed by atoms with Crippen molar-refractivity contribution in [3.8, 4) is 11.5 Å². The number of hydrogen-bond acceptors (Lipinski definition) is 4. The van der Waals surface area contributed by atoms with Gasteiger partial charge in [-0.1, -0.05) is 30.3 Å². The predicted molar refractivity (Wildman–Crippen MR) is 90.0 cm³/mol. The normalized spacial score (nSPS) is 20.9. The third-order valence-corrected chi connectivity index (χ3v) is 6.43. The predicted octanol–water partition coefficient (Wildman–Crippen LogP) is 2.64. The van der Waals surface area contributed by atoms with Gasteiger partial charge in [0.25, 0.3) is 0 Å². The van der Waals surface area contributed by atoms with Crippen LogP contribution in [0.25, 0.3) is 0 Å². The van der Waals surface area contributed by atoms with E-state index in [4.69, 9.17) is 9.47 Å². The van der Waals surface area contributed by atoms with Crippen LogP contribution in [-0.4, -0.2) is 39.0 Å². The molecule has 5 nitrogen and oxygen atoms in total. The summed E-state index contributed by atoms with van der Waals surface area (Å²) in [6.07, 6.45) is 0.841. The van der Waals surface area contributed by atoms with Crippen LogP contribution in [0.2, 0.25) is 0 Å². The molecule has 0 saturated carbocycles. The molecule has 6 heteroatoms. The molecular weight excluding hydrogens is 326 g/mol. The summed E-state index contributed by atoms with van der Waals surface area (Å²) in [5.74, 6) is 1.35. The van der Waals surface area contributed by atoms with E-state index in [2.05, 4.69) is 12.1 Å². The molecule has 0 bridgehead atoms. The highest BCUT2D eigenvalue weighted by Gasteiger charge is 2.33. The van der Waals surface area contributed by atoms with Crippen LogP contribution in [0.15, 0.2) is 53.4 Å². The van der Waals surface area contributed by atoms with Crippen LogP contribution in [0.4, 0.5) is 0 Å². The Bertz CT molecular complexity index is 835. The van der Waals surface area contributed by atoms with Crippen molar-refractivity contribution in [3.63, 3.8) is 0 Å². The summed E-state index contributed by atoms with van der Waals surface area (Å²) in [6.45, 7) is 1.98. The number of rotatable bonds is 3. The average Bonchev–Trinajstić information content (AvgIpc) is 3.13. The van der Waals surface area contributed by atoms with Gasteiger partial charge >= 0.3 is 0 Å². The third-order valence-electron chi connectivity index (χ3n) is 4.57. The average molecular weight is 345 g/mol. The molecule has 0 radical (unpaired) electrons. The third kappa shape index (κ3) is 2.76. The molecule has 2 aliphatic rings. The maximum absolute atomic E-state index is 12.9. The van der Waals surface area contributed by atoms with Crippen LogP contribution < -0.4 is 9.47 Å². The molecule has 4 rings (SSSR count). The van der Waals surface area contributed by atoms with Crippen LogP contribution in [-0.2, 0) is 10.0 Å². The molecule has 2 aromatic rings. The fourth-order valence-electron chi connectivity index (χ4n) is 3.28. The SMILES string of the molecule is O=S(=O)(c1ccc2c(c1)OCCO2)N1CC[C@H](c2ccccc2)C1. The van der Waals surface area contributed by atoms with Crippen LogP contribution in [0.1, 0.15) is 17.9 Å². The van der Waals surface area contributed by atoms with Gasteiger partial charge in [0.2, 0.25) is 10.0 Å².